The number of hydrogen-bond acceptors (Lipinski definition) is 4. The molecule has 0 saturated carbocycles. The summed E-state index contributed by atoms with van der Waals surface area (Å²) in [6, 6.07) is 9.02. The highest BCUT2D eigenvalue weighted by atomic mass is 16.5. The van der Waals surface area contributed by atoms with Crippen molar-refractivity contribution < 1.29 is 9.84 Å². The van der Waals surface area contributed by atoms with Crippen LogP contribution in [0, 0.1) is 5.41 Å². The van der Waals surface area contributed by atoms with E-state index in [1.165, 1.54) is 0 Å². The Morgan fingerprint density at radius 3 is 2.88 bits per heavy atom. The maximum atomic E-state index is 8.70. The van der Waals surface area contributed by atoms with Gasteiger partial charge in [-0.05, 0) is 6.07 Å². The molecule has 0 aliphatic carbocycles. The minimum atomic E-state index is -0.0795. The molecule has 1 aromatic carbocycles. The zero-order valence-corrected chi connectivity index (χ0v) is 9.18. The van der Waals surface area contributed by atoms with E-state index in [9.17, 15) is 0 Å². The Kier molecular flexibility index (Phi) is 3.20. The van der Waals surface area contributed by atoms with E-state index in [0.717, 1.165) is 5.39 Å². The summed E-state index contributed by atoms with van der Waals surface area (Å²) < 4.78 is 5.24. The van der Waals surface area contributed by atoms with Gasteiger partial charge in [-0.15, -0.1) is 0 Å². The molecular weight excluding hydrogens is 218 g/mol. The van der Waals surface area contributed by atoms with Crippen LogP contribution in [0.15, 0.2) is 30.3 Å². The Morgan fingerprint density at radius 2 is 2.18 bits per heavy atom. The number of ether oxygens (including phenoxy) is 1. The molecular formula is C12H13N3O2. The lowest BCUT2D eigenvalue weighted by Crippen LogP contribution is -2.13. The van der Waals surface area contributed by atoms with Crippen molar-refractivity contribution in [3.63, 3.8) is 0 Å². The molecule has 5 heteroatoms. The molecule has 88 valence electrons. The van der Waals surface area contributed by atoms with E-state index < -0.39 is 0 Å². The number of pyridine rings is 1. The number of nitrogens with zero attached hydrogens (tertiary/aromatic N) is 1. The first-order valence-electron chi connectivity index (χ1n) is 5.20. The van der Waals surface area contributed by atoms with Gasteiger partial charge in [-0.2, -0.15) is 0 Å². The first kappa shape index (κ1) is 11.3. The maximum absolute atomic E-state index is 8.70. The quantitative estimate of drug-likeness (QED) is 0.538. The number of nitrogens with one attached hydrogen (secondary N) is 1. The minimum absolute atomic E-state index is 0.0301. The Balaban J connectivity index is 2.55. The number of nitrogens with two attached hydrogens (primary N) is 1. The van der Waals surface area contributed by atoms with E-state index in [1.807, 2.05) is 24.3 Å². The number of amidine groups is 1. The van der Waals surface area contributed by atoms with Gasteiger partial charge in [0.25, 0.3) is 0 Å². The van der Waals surface area contributed by atoms with Gasteiger partial charge < -0.3 is 15.6 Å². The third-order valence-corrected chi connectivity index (χ3v) is 2.32. The summed E-state index contributed by atoms with van der Waals surface area (Å²) in [6.45, 7) is 0.0899. The second kappa shape index (κ2) is 4.80. The molecule has 0 saturated heterocycles. The summed E-state index contributed by atoms with van der Waals surface area (Å²) in [4.78, 5) is 4.27. The fraction of sp³-hybridized carbons (Fsp3) is 0.167. The van der Waals surface area contributed by atoms with Crippen molar-refractivity contribution in [2.24, 2.45) is 5.73 Å². The SMILES string of the molecule is N=C(N)c1cc(OCCO)nc2ccccc12. The van der Waals surface area contributed by atoms with Gasteiger partial charge in [0.2, 0.25) is 5.88 Å². The highest BCUT2D eigenvalue weighted by molar-refractivity contribution is 6.06. The standard InChI is InChI=1S/C12H13N3O2/c13-12(14)9-7-11(17-6-5-16)15-10-4-2-1-3-8(9)10/h1-4,7,16H,5-6H2,(H3,13,14). The van der Waals surface area contributed by atoms with Crippen LogP contribution in [0.5, 0.6) is 5.88 Å². The highest BCUT2D eigenvalue weighted by Crippen LogP contribution is 2.21. The monoisotopic (exact) mass is 231 g/mol. The van der Waals surface area contributed by atoms with Crippen molar-refractivity contribution in [2.45, 2.75) is 0 Å². The predicted molar refractivity (Wildman–Crippen MR) is 65.3 cm³/mol. The summed E-state index contributed by atoms with van der Waals surface area (Å²) in [5, 5.41) is 17.1. The molecule has 1 aromatic heterocycles. The number of para-hydroxylation sites is 1. The van der Waals surface area contributed by atoms with Crippen molar-refractivity contribution in [3.8, 4) is 5.88 Å². The first-order valence-corrected chi connectivity index (χ1v) is 5.20. The van der Waals surface area contributed by atoms with Crippen LogP contribution >= 0.6 is 0 Å². The van der Waals surface area contributed by atoms with Crippen LogP contribution in [0.1, 0.15) is 5.56 Å². The fourth-order valence-corrected chi connectivity index (χ4v) is 1.60. The number of benzene rings is 1. The molecule has 2 aromatic rings. The number of rotatable bonds is 4. The molecule has 0 unspecified atom stereocenters. The lowest BCUT2D eigenvalue weighted by atomic mass is 10.1. The Morgan fingerprint density at radius 1 is 1.41 bits per heavy atom. The molecule has 0 aliphatic rings. The Hall–Kier alpha value is -2.14. The zero-order valence-electron chi connectivity index (χ0n) is 9.18. The van der Waals surface area contributed by atoms with Gasteiger partial charge in [0.1, 0.15) is 12.4 Å². The van der Waals surface area contributed by atoms with Crippen molar-refractivity contribution in [1.29, 1.82) is 5.41 Å². The molecule has 17 heavy (non-hydrogen) atoms. The summed E-state index contributed by atoms with van der Waals surface area (Å²) in [7, 11) is 0. The number of fused-ring (bicyclic) bond motifs is 1. The van der Waals surface area contributed by atoms with Crippen LogP contribution in [0.4, 0.5) is 0 Å². The third kappa shape index (κ3) is 2.34. The molecule has 0 aliphatic heterocycles. The average Bonchev–Trinajstić information content (AvgIpc) is 2.35. The maximum Gasteiger partial charge on any atom is 0.214 e. The van der Waals surface area contributed by atoms with Gasteiger partial charge in [0.15, 0.2) is 0 Å². The molecule has 2 rings (SSSR count). The lowest BCUT2D eigenvalue weighted by molar-refractivity contribution is 0.197. The van der Waals surface area contributed by atoms with Crippen LogP contribution in [-0.4, -0.2) is 29.1 Å². The number of nitrogen functional groups attached to an aromatic ring is 1. The van der Waals surface area contributed by atoms with E-state index in [-0.39, 0.29) is 19.0 Å². The Labute approximate surface area is 98.4 Å². The first-order chi connectivity index (χ1) is 8.22. The fourth-order valence-electron chi connectivity index (χ4n) is 1.60. The predicted octanol–water partition coefficient (Wildman–Crippen LogP) is 0.890. The van der Waals surface area contributed by atoms with Crippen LogP contribution in [0.2, 0.25) is 0 Å². The molecule has 0 amide bonds. The Bertz CT molecular complexity index is 554. The highest BCUT2D eigenvalue weighted by Gasteiger charge is 2.08. The second-order valence-corrected chi connectivity index (χ2v) is 3.51. The van der Waals surface area contributed by atoms with Crippen LogP contribution < -0.4 is 10.5 Å². The molecule has 0 atom stereocenters. The second-order valence-electron chi connectivity index (χ2n) is 3.51. The number of aliphatic hydroxyl groups excluding tert-OH is 1. The summed E-state index contributed by atoms with van der Waals surface area (Å²) >= 11 is 0. The van der Waals surface area contributed by atoms with Crippen molar-refractivity contribution >= 4 is 16.7 Å². The van der Waals surface area contributed by atoms with Crippen molar-refractivity contribution in [2.75, 3.05) is 13.2 Å². The van der Waals surface area contributed by atoms with E-state index in [0.29, 0.717) is 17.0 Å². The van der Waals surface area contributed by atoms with E-state index in [1.54, 1.807) is 6.07 Å². The lowest BCUT2D eigenvalue weighted by Gasteiger charge is -2.08. The third-order valence-electron chi connectivity index (χ3n) is 2.32. The molecule has 0 radical (unpaired) electrons. The molecule has 0 fully saturated rings. The normalized spacial score (nSPS) is 10.4. The summed E-state index contributed by atoms with van der Waals surface area (Å²) in [5.41, 5.74) is 6.83. The zero-order chi connectivity index (χ0) is 12.3. The average molecular weight is 231 g/mol. The largest absolute Gasteiger partial charge is 0.475 e. The molecule has 0 spiro atoms. The van der Waals surface area contributed by atoms with Gasteiger partial charge in [0.05, 0.1) is 12.1 Å². The number of aliphatic hydroxyl groups is 1. The van der Waals surface area contributed by atoms with Crippen molar-refractivity contribution in [3.05, 3.63) is 35.9 Å². The molecule has 4 N–H and O–H groups in total. The smallest absolute Gasteiger partial charge is 0.214 e. The van der Waals surface area contributed by atoms with Gasteiger partial charge in [0, 0.05) is 17.0 Å². The van der Waals surface area contributed by atoms with Crippen LogP contribution in [0.25, 0.3) is 10.9 Å². The molecule has 0 bridgehead atoms. The van der Waals surface area contributed by atoms with Gasteiger partial charge in [-0.1, -0.05) is 18.2 Å². The summed E-state index contributed by atoms with van der Waals surface area (Å²) in [5.74, 6) is 0.334. The van der Waals surface area contributed by atoms with E-state index in [4.69, 9.17) is 21.0 Å². The number of hydrogen-bond donors (Lipinski definition) is 3. The number of aromatic nitrogens is 1. The molecule has 5 nitrogen and oxygen atoms in total. The summed E-state index contributed by atoms with van der Waals surface area (Å²) in [6.07, 6.45) is 0. The van der Waals surface area contributed by atoms with Crippen LogP contribution in [-0.2, 0) is 0 Å². The van der Waals surface area contributed by atoms with Crippen LogP contribution in [0.3, 0.4) is 0 Å². The van der Waals surface area contributed by atoms with Crippen molar-refractivity contribution in [1.82, 2.24) is 4.98 Å². The van der Waals surface area contributed by atoms with E-state index >= 15 is 0 Å². The molecule has 1 heterocycles. The topological polar surface area (TPSA) is 92.2 Å². The van der Waals surface area contributed by atoms with E-state index in [2.05, 4.69) is 4.98 Å². The van der Waals surface area contributed by atoms with Gasteiger partial charge in [-0.25, -0.2) is 4.98 Å². The van der Waals surface area contributed by atoms with Gasteiger partial charge in [-0.3, -0.25) is 5.41 Å². The minimum Gasteiger partial charge on any atom is -0.475 e. The van der Waals surface area contributed by atoms with Gasteiger partial charge >= 0.3 is 0 Å².